The number of Topliss-reactive ketones (excluding diaryl/α,β-unsaturated/α-hetero) is 1. The van der Waals surface area contributed by atoms with E-state index in [1.807, 2.05) is 0 Å². The number of ketones is 1. The van der Waals surface area contributed by atoms with Gasteiger partial charge in [-0.25, -0.2) is 0 Å². The van der Waals surface area contributed by atoms with Gasteiger partial charge in [-0.2, -0.15) is 0 Å². The summed E-state index contributed by atoms with van der Waals surface area (Å²) >= 11 is 0. The van der Waals surface area contributed by atoms with Gasteiger partial charge in [-0.15, -0.1) is 0 Å². The summed E-state index contributed by atoms with van der Waals surface area (Å²) in [6, 6.07) is 0. The molecule has 0 aromatic rings. The monoisotopic (exact) mass is 264 g/mol. The van der Waals surface area contributed by atoms with E-state index in [2.05, 4.69) is 9.47 Å². The van der Waals surface area contributed by atoms with Gasteiger partial charge in [0.05, 0.1) is 13.7 Å². The zero-order valence-electron chi connectivity index (χ0n) is 12.2. The highest BCUT2D eigenvalue weighted by molar-refractivity contribution is 5.72. The molecule has 0 bridgehead atoms. The molecule has 6 nitrogen and oxygen atoms in total. The Morgan fingerprint density at radius 1 is 1.00 bits per heavy atom. The number of methoxy groups -OCH3 is 1. The molecule has 0 aliphatic rings. The standard InChI is InChI=1S/C4H8O2.C3H6O2.C3H6O.C2H4O/c1-3-6-4(2)5;1-3(4)5-2;1-3(2)4;1-2-3/h3H2,1-2H3;1-2H3;1-2H3;2H,1H3. The zero-order valence-corrected chi connectivity index (χ0v) is 12.2. The molecule has 18 heavy (non-hydrogen) atoms. The van der Waals surface area contributed by atoms with Crippen molar-refractivity contribution in [1.82, 2.24) is 0 Å². The summed E-state index contributed by atoms with van der Waals surface area (Å²) in [5.41, 5.74) is 0. The SMILES string of the molecule is CC(C)=O.CC=O.CCOC(C)=O.COC(C)=O. The second kappa shape index (κ2) is 24.5. The summed E-state index contributed by atoms with van der Waals surface area (Å²) < 4.78 is 8.51. The van der Waals surface area contributed by atoms with Crippen molar-refractivity contribution in [3.8, 4) is 0 Å². The van der Waals surface area contributed by atoms with E-state index in [1.165, 1.54) is 41.7 Å². The van der Waals surface area contributed by atoms with Gasteiger partial charge < -0.3 is 19.1 Å². The predicted molar refractivity (Wildman–Crippen MR) is 68.1 cm³/mol. The molecule has 0 saturated carbocycles. The molecule has 0 aliphatic carbocycles. The van der Waals surface area contributed by atoms with Crippen LogP contribution >= 0.6 is 0 Å². The maximum atomic E-state index is 9.82. The third-order valence-corrected chi connectivity index (χ3v) is 0.635. The number of carbonyl (C=O) groups excluding carboxylic acids is 4. The van der Waals surface area contributed by atoms with Crippen molar-refractivity contribution in [1.29, 1.82) is 0 Å². The van der Waals surface area contributed by atoms with E-state index < -0.39 is 0 Å². The topological polar surface area (TPSA) is 86.7 Å². The summed E-state index contributed by atoms with van der Waals surface area (Å²) in [5.74, 6) is -0.289. The van der Waals surface area contributed by atoms with Crippen LogP contribution in [-0.2, 0) is 28.7 Å². The third kappa shape index (κ3) is 234. The Balaban J connectivity index is -0.0000000750. The first-order valence-corrected chi connectivity index (χ1v) is 5.24. The van der Waals surface area contributed by atoms with Crippen LogP contribution in [0.4, 0.5) is 0 Å². The molecule has 0 heterocycles. The second-order valence-corrected chi connectivity index (χ2v) is 2.76. The number of hydrogen-bond acceptors (Lipinski definition) is 6. The smallest absolute Gasteiger partial charge is 0.302 e. The van der Waals surface area contributed by atoms with Crippen molar-refractivity contribution >= 4 is 24.0 Å². The van der Waals surface area contributed by atoms with Crippen molar-refractivity contribution < 1.29 is 28.7 Å². The number of rotatable bonds is 1. The number of esters is 2. The number of ether oxygens (including phenoxy) is 2. The first-order valence-electron chi connectivity index (χ1n) is 5.24. The molecular formula is C12H24O6. The van der Waals surface area contributed by atoms with Crippen LogP contribution in [0, 0.1) is 0 Å². The lowest BCUT2D eigenvalue weighted by Gasteiger charge is -1.89. The first-order chi connectivity index (χ1) is 8.19. The molecule has 0 aliphatic heterocycles. The van der Waals surface area contributed by atoms with Crippen LogP contribution in [0.1, 0.15) is 41.5 Å². The molecule has 0 amide bonds. The zero-order chi connectivity index (χ0) is 15.6. The minimum Gasteiger partial charge on any atom is -0.469 e. The van der Waals surface area contributed by atoms with E-state index >= 15 is 0 Å². The molecule has 0 spiro atoms. The molecule has 0 fully saturated rings. The number of aldehydes is 1. The summed E-state index contributed by atoms with van der Waals surface area (Å²) in [5, 5.41) is 0. The van der Waals surface area contributed by atoms with Gasteiger partial charge >= 0.3 is 11.9 Å². The second-order valence-electron chi connectivity index (χ2n) is 2.76. The van der Waals surface area contributed by atoms with Crippen LogP contribution in [0.5, 0.6) is 0 Å². The van der Waals surface area contributed by atoms with Crippen LogP contribution in [0.25, 0.3) is 0 Å². The van der Waals surface area contributed by atoms with E-state index in [0.29, 0.717) is 6.61 Å². The van der Waals surface area contributed by atoms with Crippen molar-refractivity contribution in [3.63, 3.8) is 0 Å². The van der Waals surface area contributed by atoms with Crippen molar-refractivity contribution in [3.05, 3.63) is 0 Å². The Morgan fingerprint density at radius 3 is 1.22 bits per heavy atom. The average molecular weight is 264 g/mol. The maximum Gasteiger partial charge on any atom is 0.302 e. The molecule has 108 valence electrons. The van der Waals surface area contributed by atoms with E-state index in [-0.39, 0.29) is 17.7 Å². The normalized spacial score (nSPS) is 6.61. The molecule has 6 heteroatoms. The molecule has 0 atom stereocenters. The van der Waals surface area contributed by atoms with Crippen LogP contribution in [0.3, 0.4) is 0 Å². The minimum atomic E-state index is -0.245. The van der Waals surface area contributed by atoms with Crippen molar-refractivity contribution in [2.75, 3.05) is 13.7 Å². The minimum absolute atomic E-state index is 0.167. The largest absolute Gasteiger partial charge is 0.469 e. The summed E-state index contributed by atoms with van der Waals surface area (Å²) in [4.78, 5) is 37.7. The van der Waals surface area contributed by atoms with Crippen molar-refractivity contribution in [2.45, 2.75) is 41.5 Å². The summed E-state index contributed by atoms with van der Waals surface area (Å²) in [6.45, 7) is 9.51. The Hall–Kier alpha value is -1.72. The Morgan fingerprint density at radius 2 is 1.22 bits per heavy atom. The Bertz CT molecular complexity index is 219. The van der Waals surface area contributed by atoms with Crippen molar-refractivity contribution in [2.24, 2.45) is 0 Å². The maximum absolute atomic E-state index is 9.82. The highest BCUT2D eigenvalue weighted by Crippen LogP contribution is 1.69. The number of hydrogen-bond donors (Lipinski definition) is 0. The van der Waals surface area contributed by atoms with E-state index in [0.717, 1.165) is 6.29 Å². The quantitative estimate of drug-likeness (QED) is 0.527. The fourth-order valence-corrected chi connectivity index (χ4v) is 0.203. The third-order valence-electron chi connectivity index (χ3n) is 0.635. The highest BCUT2D eigenvalue weighted by Gasteiger charge is 1.81. The fraction of sp³-hybridized carbons (Fsp3) is 0.667. The molecule has 0 unspecified atom stereocenters. The van der Waals surface area contributed by atoms with Gasteiger partial charge in [-0.1, -0.05) is 0 Å². The molecule has 0 radical (unpaired) electrons. The first kappa shape index (κ1) is 25.2. The van der Waals surface area contributed by atoms with Gasteiger partial charge in [0.1, 0.15) is 12.1 Å². The Labute approximate surface area is 109 Å². The summed E-state index contributed by atoms with van der Waals surface area (Å²) in [7, 11) is 1.35. The number of carbonyl (C=O) groups is 4. The summed E-state index contributed by atoms with van der Waals surface area (Å²) in [6.07, 6.45) is 0.750. The fourth-order valence-electron chi connectivity index (χ4n) is 0.203. The van der Waals surface area contributed by atoms with E-state index in [9.17, 15) is 14.4 Å². The van der Waals surface area contributed by atoms with Gasteiger partial charge in [0.2, 0.25) is 0 Å². The molecule has 0 rings (SSSR count). The lowest BCUT2D eigenvalue weighted by atomic mass is 10.6. The van der Waals surface area contributed by atoms with Gasteiger partial charge in [0.25, 0.3) is 0 Å². The molecule has 0 N–H and O–H groups in total. The molecule has 0 aromatic heterocycles. The van der Waals surface area contributed by atoms with Crippen LogP contribution in [0.2, 0.25) is 0 Å². The molecular weight excluding hydrogens is 240 g/mol. The molecule has 0 aromatic carbocycles. The van der Waals surface area contributed by atoms with Gasteiger partial charge in [-0.05, 0) is 27.7 Å². The highest BCUT2D eigenvalue weighted by atomic mass is 16.5. The lowest BCUT2D eigenvalue weighted by Crippen LogP contribution is -1.95. The Kier molecular flexibility index (Phi) is 34.3. The van der Waals surface area contributed by atoms with Crippen LogP contribution in [-0.4, -0.2) is 37.7 Å². The molecule has 0 saturated heterocycles. The van der Waals surface area contributed by atoms with Gasteiger partial charge in [0, 0.05) is 13.8 Å². The van der Waals surface area contributed by atoms with Crippen LogP contribution in [0.15, 0.2) is 0 Å². The lowest BCUT2D eigenvalue weighted by molar-refractivity contribution is -0.140. The van der Waals surface area contributed by atoms with Crippen LogP contribution < -0.4 is 0 Å². The van der Waals surface area contributed by atoms with Gasteiger partial charge in [0.15, 0.2) is 0 Å². The average Bonchev–Trinajstić information content (AvgIpc) is 2.18. The van der Waals surface area contributed by atoms with Gasteiger partial charge in [-0.3, -0.25) is 9.59 Å². The predicted octanol–water partition coefficient (Wildman–Crippen LogP) is 1.55. The van der Waals surface area contributed by atoms with E-state index in [1.54, 1.807) is 6.92 Å². The van der Waals surface area contributed by atoms with E-state index in [4.69, 9.17) is 4.79 Å².